The first-order valence-corrected chi connectivity index (χ1v) is 8.47. The summed E-state index contributed by atoms with van der Waals surface area (Å²) in [5, 5.41) is 2.78. The fourth-order valence-corrected chi connectivity index (χ4v) is 3.56. The number of rotatable bonds is 4. The highest BCUT2D eigenvalue weighted by Gasteiger charge is 2.10. The number of aryl methyl sites for hydroxylation is 1. The number of benzene rings is 2. The van der Waals surface area contributed by atoms with Gasteiger partial charge in [-0.15, -0.1) is 0 Å². The Hall–Kier alpha value is -0.850. The van der Waals surface area contributed by atoms with Gasteiger partial charge in [-0.05, 0) is 64.8 Å². The quantitative estimate of drug-likeness (QED) is 0.649. The summed E-state index contributed by atoms with van der Waals surface area (Å²) in [5.41, 5.74) is 1.69. The molecule has 0 fully saturated rings. The third kappa shape index (κ3) is 4.83. The van der Waals surface area contributed by atoms with Gasteiger partial charge in [-0.3, -0.25) is 4.79 Å². The maximum atomic E-state index is 11.9. The summed E-state index contributed by atoms with van der Waals surface area (Å²) in [4.78, 5) is 11.9. The predicted molar refractivity (Wildman–Crippen MR) is 94.8 cm³/mol. The van der Waals surface area contributed by atoms with E-state index in [1.807, 2.05) is 43.3 Å². The van der Waals surface area contributed by atoms with Crippen LogP contribution in [0.3, 0.4) is 0 Å². The molecule has 0 spiro atoms. The number of nitrogens with one attached hydrogen (secondary N) is 1. The van der Waals surface area contributed by atoms with Crippen molar-refractivity contribution in [1.29, 1.82) is 0 Å². The third-order valence-electron chi connectivity index (χ3n) is 2.67. The van der Waals surface area contributed by atoms with Crippen molar-refractivity contribution in [2.45, 2.75) is 6.92 Å². The number of amides is 1. The molecule has 0 aromatic heterocycles. The molecule has 0 heterocycles. The van der Waals surface area contributed by atoms with E-state index in [9.17, 15) is 4.79 Å². The van der Waals surface area contributed by atoms with Crippen molar-refractivity contribution in [3.05, 3.63) is 55.4 Å². The fraction of sp³-hybridized carbons (Fsp3) is 0.133. The Morgan fingerprint density at radius 3 is 2.38 bits per heavy atom. The van der Waals surface area contributed by atoms with Gasteiger partial charge in [0.25, 0.3) is 5.91 Å². The van der Waals surface area contributed by atoms with E-state index in [1.54, 1.807) is 0 Å². The van der Waals surface area contributed by atoms with Crippen LogP contribution in [0.4, 0.5) is 5.69 Å². The Balaban J connectivity index is 1.97. The van der Waals surface area contributed by atoms with E-state index in [2.05, 4.69) is 53.1 Å². The van der Waals surface area contributed by atoms with E-state index in [0.717, 1.165) is 24.7 Å². The monoisotopic (exact) mass is 475 g/mol. The maximum Gasteiger partial charge on any atom is 0.262 e. The van der Waals surface area contributed by atoms with Crippen LogP contribution < -0.4 is 10.1 Å². The van der Waals surface area contributed by atoms with Crippen LogP contribution in [0.1, 0.15) is 5.56 Å². The molecule has 2 aromatic carbocycles. The second-order valence-electron chi connectivity index (χ2n) is 4.38. The lowest BCUT2D eigenvalue weighted by Crippen LogP contribution is -2.20. The molecule has 6 heteroatoms. The number of carbonyl (C=O) groups excluding carboxylic acids is 1. The summed E-state index contributed by atoms with van der Waals surface area (Å²) in [5.74, 6) is 0.468. The summed E-state index contributed by atoms with van der Waals surface area (Å²) in [6.45, 7) is 1.88. The van der Waals surface area contributed by atoms with E-state index in [4.69, 9.17) is 4.74 Å². The van der Waals surface area contributed by atoms with Crippen LogP contribution in [0, 0.1) is 6.92 Å². The van der Waals surface area contributed by atoms with Crippen LogP contribution >= 0.6 is 47.8 Å². The third-order valence-corrected chi connectivity index (χ3v) is 4.25. The van der Waals surface area contributed by atoms with Crippen molar-refractivity contribution in [3.63, 3.8) is 0 Å². The van der Waals surface area contributed by atoms with Crippen molar-refractivity contribution >= 4 is 59.4 Å². The first kappa shape index (κ1) is 16.5. The summed E-state index contributed by atoms with van der Waals surface area (Å²) in [6.07, 6.45) is 0. The largest absolute Gasteiger partial charge is 0.482 e. The van der Waals surface area contributed by atoms with Crippen molar-refractivity contribution in [3.8, 4) is 5.75 Å². The molecule has 3 nitrogen and oxygen atoms in total. The van der Waals surface area contributed by atoms with E-state index in [-0.39, 0.29) is 12.5 Å². The number of hydrogen-bond donors (Lipinski definition) is 1. The molecule has 0 aliphatic carbocycles. The van der Waals surface area contributed by atoms with Crippen LogP contribution in [0.15, 0.2) is 49.8 Å². The smallest absolute Gasteiger partial charge is 0.262 e. The lowest BCUT2D eigenvalue weighted by molar-refractivity contribution is -0.118. The Bertz CT molecular complexity index is 633. The zero-order chi connectivity index (χ0) is 15.4. The summed E-state index contributed by atoms with van der Waals surface area (Å²) < 4.78 is 8.32. The van der Waals surface area contributed by atoms with Gasteiger partial charge in [0, 0.05) is 14.6 Å². The van der Waals surface area contributed by atoms with Gasteiger partial charge in [-0.25, -0.2) is 0 Å². The van der Waals surface area contributed by atoms with Crippen LogP contribution in [0.2, 0.25) is 0 Å². The molecule has 1 amide bonds. The van der Waals surface area contributed by atoms with Gasteiger partial charge in [-0.2, -0.15) is 0 Å². The van der Waals surface area contributed by atoms with Gasteiger partial charge in [0.1, 0.15) is 5.75 Å². The van der Waals surface area contributed by atoms with Gasteiger partial charge in [0.2, 0.25) is 0 Å². The highest BCUT2D eigenvalue weighted by atomic mass is 79.9. The maximum absolute atomic E-state index is 11.9. The SMILES string of the molecule is Cc1cc(Br)cc(Br)c1OCC(=O)Nc1ccc(Br)cc1. The molecule has 0 radical (unpaired) electrons. The van der Waals surface area contributed by atoms with Crippen LogP contribution in [0.5, 0.6) is 5.75 Å². The number of hydrogen-bond acceptors (Lipinski definition) is 2. The molecule has 110 valence electrons. The summed E-state index contributed by atoms with van der Waals surface area (Å²) in [6, 6.07) is 11.2. The van der Waals surface area contributed by atoms with Gasteiger partial charge >= 0.3 is 0 Å². The van der Waals surface area contributed by atoms with Crippen molar-refractivity contribution < 1.29 is 9.53 Å². The molecule has 0 aliphatic heterocycles. The van der Waals surface area contributed by atoms with Crippen molar-refractivity contribution in [2.75, 3.05) is 11.9 Å². The molecular weight excluding hydrogens is 466 g/mol. The lowest BCUT2D eigenvalue weighted by Gasteiger charge is -2.12. The number of carbonyl (C=O) groups is 1. The second-order valence-corrected chi connectivity index (χ2v) is 7.06. The average molecular weight is 478 g/mol. The average Bonchev–Trinajstić information content (AvgIpc) is 2.40. The molecule has 1 N–H and O–H groups in total. The molecule has 0 aliphatic rings. The van der Waals surface area contributed by atoms with Gasteiger partial charge < -0.3 is 10.1 Å². The van der Waals surface area contributed by atoms with Crippen LogP contribution in [0.25, 0.3) is 0 Å². The lowest BCUT2D eigenvalue weighted by atomic mass is 10.2. The highest BCUT2D eigenvalue weighted by Crippen LogP contribution is 2.32. The zero-order valence-corrected chi connectivity index (χ0v) is 15.9. The van der Waals surface area contributed by atoms with E-state index in [0.29, 0.717) is 5.75 Å². The van der Waals surface area contributed by atoms with Crippen LogP contribution in [-0.2, 0) is 4.79 Å². The number of ether oxygens (including phenoxy) is 1. The first-order chi connectivity index (χ1) is 9.95. The minimum absolute atomic E-state index is 0.0445. The van der Waals surface area contributed by atoms with Gasteiger partial charge in [-0.1, -0.05) is 31.9 Å². The molecule has 21 heavy (non-hydrogen) atoms. The highest BCUT2D eigenvalue weighted by molar-refractivity contribution is 9.11. The van der Waals surface area contributed by atoms with Crippen molar-refractivity contribution in [1.82, 2.24) is 0 Å². The summed E-state index contributed by atoms with van der Waals surface area (Å²) in [7, 11) is 0. The second kappa shape index (κ2) is 7.42. The minimum atomic E-state index is -0.202. The first-order valence-electron chi connectivity index (χ1n) is 6.09. The van der Waals surface area contributed by atoms with E-state index in [1.165, 1.54) is 0 Å². The molecule has 0 atom stereocenters. The van der Waals surface area contributed by atoms with Gasteiger partial charge in [0.15, 0.2) is 6.61 Å². The molecule has 0 saturated carbocycles. The van der Waals surface area contributed by atoms with Gasteiger partial charge in [0.05, 0.1) is 4.47 Å². The molecule has 2 aromatic rings. The minimum Gasteiger partial charge on any atom is -0.482 e. The Labute approximate surface area is 148 Å². The standard InChI is InChI=1S/C15H12Br3NO2/c1-9-6-11(17)7-13(18)15(9)21-8-14(20)19-12-4-2-10(16)3-5-12/h2-7H,8H2,1H3,(H,19,20). The summed E-state index contributed by atoms with van der Waals surface area (Å²) >= 11 is 10.2. The Kier molecular flexibility index (Phi) is 5.84. The number of anilines is 1. The zero-order valence-electron chi connectivity index (χ0n) is 11.1. The predicted octanol–water partition coefficient (Wildman–Crippen LogP) is 5.30. The molecule has 2 rings (SSSR count). The Morgan fingerprint density at radius 1 is 1.10 bits per heavy atom. The normalized spacial score (nSPS) is 10.3. The Morgan fingerprint density at radius 2 is 1.76 bits per heavy atom. The molecule has 0 bridgehead atoms. The topological polar surface area (TPSA) is 38.3 Å². The van der Waals surface area contributed by atoms with E-state index >= 15 is 0 Å². The van der Waals surface area contributed by atoms with E-state index < -0.39 is 0 Å². The number of halogens is 3. The molecular formula is C15H12Br3NO2. The van der Waals surface area contributed by atoms with Crippen LogP contribution in [-0.4, -0.2) is 12.5 Å². The van der Waals surface area contributed by atoms with Crippen molar-refractivity contribution in [2.24, 2.45) is 0 Å². The molecule has 0 unspecified atom stereocenters. The molecule has 0 saturated heterocycles. The fourth-order valence-electron chi connectivity index (χ4n) is 1.74.